The molecule has 0 aliphatic carbocycles. The number of nitriles is 1. The Morgan fingerprint density at radius 3 is 2.53 bits per heavy atom. The Balaban J connectivity index is 0.00000324. The standard InChI is InChI=1S/C13H13NO2S2.K.H/c1-13(9-14,8-7-11(15)16)18-12(17)10-5-3-2-4-6-10;;/h2-6H,7-8H2,1H3,(H,15,16);;. The van der Waals surface area contributed by atoms with Gasteiger partial charge in [-0.1, -0.05) is 54.3 Å². The van der Waals surface area contributed by atoms with E-state index >= 15 is 0 Å². The summed E-state index contributed by atoms with van der Waals surface area (Å²) in [6.07, 6.45) is 0.241. The van der Waals surface area contributed by atoms with Crippen molar-refractivity contribution in [3.8, 4) is 6.07 Å². The molecular formula is C13H14KNO2S2. The van der Waals surface area contributed by atoms with Crippen LogP contribution in [0.3, 0.4) is 0 Å². The van der Waals surface area contributed by atoms with Gasteiger partial charge in [0.05, 0.1) is 10.3 Å². The number of rotatable bonds is 5. The Morgan fingerprint density at radius 2 is 2.05 bits per heavy atom. The van der Waals surface area contributed by atoms with E-state index < -0.39 is 10.7 Å². The second-order valence-corrected chi connectivity index (χ2v) is 6.17. The minimum absolute atomic E-state index is 0. The van der Waals surface area contributed by atoms with E-state index in [1.54, 1.807) is 6.92 Å². The van der Waals surface area contributed by atoms with Crippen LogP contribution in [0.1, 0.15) is 25.3 Å². The zero-order valence-corrected chi connectivity index (χ0v) is 11.6. The second-order valence-electron chi connectivity index (χ2n) is 3.99. The molecule has 0 spiro atoms. The third-order valence-corrected chi connectivity index (χ3v) is 4.03. The van der Waals surface area contributed by atoms with Gasteiger partial charge in [-0.15, -0.1) is 0 Å². The first-order chi connectivity index (χ1) is 8.47. The number of nitrogens with zero attached hydrogens (tertiary/aromatic N) is 1. The van der Waals surface area contributed by atoms with E-state index in [4.69, 9.17) is 17.3 Å². The van der Waals surface area contributed by atoms with Crippen LogP contribution in [0, 0.1) is 11.3 Å². The molecule has 19 heavy (non-hydrogen) atoms. The van der Waals surface area contributed by atoms with Gasteiger partial charge in [0.2, 0.25) is 0 Å². The molecule has 0 saturated carbocycles. The summed E-state index contributed by atoms with van der Waals surface area (Å²) in [6.45, 7) is 1.72. The molecule has 0 aliphatic rings. The van der Waals surface area contributed by atoms with Gasteiger partial charge in [-0.3, -0.25) is 4.79 Å². The quantitative estimate of drug-likeness (QED) is 0.668. The van der Waals surface area contributed by atoms with E-state index in [0.29, 0.717) is 4.20 Å². The molecule has 0 saturated heterocycles. The Labute approximate surface area is 165 Å². The molecule has 0 radical (unpaired) electrons. The molecule has 96 valence electrons. The van der Waals surface area contributed by atoms with Gasteiger partial charge >= 0.3 is 57.4 Å². The molecule has 3 nitrogen and oxygen atoms in total. The molecular weight excluding hydrogens is 305 g/mol. The van der Waals surface area contributed by atoms with Gasteiger partial charge in [0.15, 0.2) is 0 Å². The zero-order valence-electron chi connectivity index (χ0n) is 9.92. The number of carboxylic acid groups (broad SMARTS) is 1. The third-order valence-electron chi connectivity index (χ3n) is 2.38. The van der Waals surface area contributed by atoms with Gasteiger partial charge in [-0.05, 0) is 18.9 Å². The van der Waals surface area contributed by atoms with Crippen LogP contribution in [0.5, 0.6) is 0 Å². The van der Waals surface area contributed by atoms with Crippen molar-refractivity contribution in [2.75, 3.05) is 0 Å². The third kappa shape index (κ3) is 7.00. The number of aliphatic carboxylic acids is 1. The Kier molecular flexibility index (Phi) is 9.36. The van der Waals surface area contributed by atoms with Crippen LogP contribution in [-0.4, -0.2) is 71.4 Å². The molecule has 0 aromatic heterocycles. The fourth-order valence-electron chi connectivity index (χ4n) is 1.31. The molecule has 1 atom stereocenters. The van der Waals surface area contributed by atoms with Gasteiger partial charge in [-0.25, -0.2) is 0 Å². The van der Waals surface area contributed by atoms with Crippen LogP contribution in [0.25, 0.3) is 0 Å². The van der Waals surface area contributed by atoms with Crippen LogP contribution < -0.4 is 0 Å². The van der Waals surface area contributed by atoms with Crippen molar-refractivity contribution in [2.24, 2.45) is 0 Å². The summed E-state index contributed by atoms with van der Waals surface area (Å²) in [7, 11) is 0. The fraction of sp³-hybridized carbons (Fsp3) is 0.308. The van der Waals surface area contributed by atoms with Gasteiger partial charge in [0.1, 0.15) is 4.75 Å². The molecule has 0 bridgehead atoms. The van der Waals surface area contributed by atoms with E-state index in [0.717, 1.165) is 5.56 Å². The predicted octanol–water partition coefficient (Wildman–Crippen LogP) is 2.59. The number of hydrogen-bond donors (Lipinski definition) is 1. The molecule has 0 aliphatic heterocycles. The molecule has 0 amide bonds. The van der Waals surface area contributed by atoms with Gasteiger partial charge in [-0.2, -0.15) is 5.26 Å². The van der Waals surface area contributed by atoms with Crippen molar-refractivity contribution in [1.82, 2.24) is 0 Å². The SMILES string of the molecule is CC(C#N)(CCC(=O)O)SC(=S)c1ccccc1.[KH]. The number of thiocarbonyl (C=S) groups is 1. The van der Waals surface area contributed by atoms with Gasteiger partial charge in [0, 0.05) is 6.42 Å². The summed E-state index contributed by atoms with van der Waals surface area (Å²) >= 11 is 6.53. The first-order valence-corrected chi connectivity index (χ1v) is 6.61. The van der Waals surface area contributed by atoms with Crippen LogP contribution in [0.2, 0.25) is 0 Å². The van der Waals surface area contributed by atoms with Crippen molar-refractivity contribution >= 4 is 85.5 Å². The van der Waals surface area contributed by atoms with Crippen molar-refractivity contribution in [3.05, 3.63) is 35.9 Å². The summed E-state index contributed by atoms with van der Waals surface area (Å²) in [5, 5.41) is 17.8. The Morgan fingerprint density at radius 1 is 1.47 bits per heavy atom. The first kappa shape index (κ1) is 19.3. The molecule has 6 heteroatoms. The first-order valence-electron chi connectivity index (χ1n) is 5.38. The van der Waals surface area contributed by atoms with Gasteiger partial charge < -0.3 is 5.11 Å². The monoisotopic (exact) mass is 319 g/mol. The number of hydrogen-bond acceptors (Lipinski definition) is 4. The van der Waals surface area contributed by atoms with Crippen molar-refractivity contribution in [1.29, 1.82) is 5.26 Å². The molecule has 1 aromatic carbocycles. The number of benzene rings is 1. The van der Waals surface area contributed by atoms with Gasteiger partial charge in [0.25, 0.3) is 0 Å². The molecule has 0 heterocycles. The predicted molar refractivity (Wildman–Crippen MR) is 83.8 cm³/mol. The van der Waals surface area contributed by atoms with Crippen molar-refractivity contribution in [3.63, 3.8) is 0 Å². The normalized spacial score (nSPS) is 12.6. The van der Waals surface area contributed by atoms with E-state index in [1.165, 1.54) is 11.8 Å². The topological polar surface area (TPSA) is 61.1 Å². The van der Waals surface area contributed by atoms with Crippen LogP contribution in [0.4, 0.5) is 0 Å². The van der Waals surface area contributed by atoms with E-state index in [-0.39, 0.29) is 64.2 Å². The van der Waals surface area contributed by atoms with Crippen LogP contribution in [0.15, 0.2) is 30.3 Å². The van der Waals surface area contributed by atoms with Crippen molar-refractivity contribution in [2.45, 2.75) is 24.5 Å². The van der Waals surface area contributed by atoms with E-state index in [9.17, 15) is 10.1 Å². The molecule has 1 N–H and O–H groups in total. The average molecular weight is 319 g/mol. The Bertz CT molecular complexity index is 487. The second kappa shape index (κ2) is 9.24. The van der Waals surface area contributed by atoms with E-state index in [1.807, 2.05) is 30.3 Å². The number of thioether (sulfide) groups is 1. The maximum absolute atomic E-state index is 10.6. The molecule has 1 unspecified atom stereocenters. The summed E-state index contributed by atoms with van der Waals surface area (Å²) in [5.41, 5.74) is 0.884. The summed E-state index contributed by atoms with van der Waals surface area (Å²) < 4.78 is -0.185. The summed E-state index contributed by atoms with van der Waals surface area (Å²) in [4.78, 5) is 10.6. The number of carbonyl (C=O) groups is 1. The Hall–Kier alpha value is 0.256. The van der Waals surface area contributed by atoms with Crippen LogP contribution >= 0.6 is 24.0 Å². The van der Waals surface area contributed by atoms with E-state index in [2.05, 4.69) is 6.07 Å². The fourth-order valence-corrected chi connectivity index (χ4v) is 2.91. The average Bonchev–Trinajstić information content (AvgIpc) is 2.37. The minimum atomic E-state index is -0.900. The summed E-state index contributed by atoms with van der Waals surface area (Å²) in [6, 6.07) is 11.6. The molecule has 0 fully saturated rings. The molecule has 1 rings (SSSR count). The maximum atomic E-state index is 10.6. The van der Waals surface area contributed by atoms with Crippen molar-refractivity contribution < 1.29 is 9.90 Å². The zero-order chi connectivity index (χ0) is 13.6. The van der Waals surface area contributed by atoms with Crippen LogP contribution in [-0.2, 0) is 4.79 Å². The summed E-state index contributed by atoms with van der Waals surface area (Å²) in [5.74, 6) is -0.900. The number of carboxylic acids is 1. The molecule has 1 aromatic rings.